The SMILES string of the molecule is CCCSc1ccccc1NC(=O)N[C@H](CC)c1ccnn1C. The lowest BCUT2D eigenvalue weighted by Crippen LogP contribution is -2.33. The average molecular weight is 332 g/mol. The maximum atomic E-state index is 12.4. The highest BCUT2D eigenvalue weighted by molar-refractivity contribution is 7.99. The molecular formula is C17H24N4OS. The fourth-order valence-corrected chi connectivity index (χ4v) is 3.21. The van der Waals surface area contributed by atoms with E-state index in [0.717, 1.165) is 34.9 Å². The molecule has 1 heterocycles. The van der Waals surface area contributed by atoms with Crippen LogP contribution in [0.4, 0.5) is 10.5 Å². The molecule has 124 valence electrons. The van der Waals surface area contributed by atoms with Crippen LogP contribution in [0, 0.1) is 0 Å². The van der Waals surface area contributed by atoms with E-state index < -0.39 is 0 Å². The van der Waals surface area contributed by atoms with Crippen molar-refractivity contribution >= 4 is 23.5 Å². The molecule has 0 spiro atoms. The van der Waals surface area contributed by atoms with Crippen LogP contribution in [0.5, 0.6) is 0 Å². The van der Waals surface area contributed by atoms with Crippen molar-refractivity contribution in [3.05, 3.63) is 42.2 Å². The number of carbonyl (C=O) groups is 1. The van der Waals surface area contributed by atoms with E-state index in [1.165, 1.54) is 0 Å². The van der Waals surface area contributed by atoms with E-state index in [9.17, 15) is 4.79 Å². The molecule has 0 fully saturated rings. The standard InChI is InChI=1S/C17H24N4OS/c1-4-12-23-16-9-7-6-8-14(16)20-17(22)19-13(5-2)15-10-11-18-21(15)3/h6-11,13H,4-5,12H2,1-3H3,(H2,19,20,22)/t13-/m1/s1. The summed E-state index contributed by atoms with van der Waals surface area (Å²) >= 11 is 1.76. The summed E-state index contributed by atoms with van der Waals surface area (Å²) in [5.41, 5.74) is 1.85. The molecule has 23 heavy (non-hydrogen) atoms. The van der Waals surface area contributed by atoms with Gasteiger partial charge in [0.2, 0.25) is 0 Å². The van der Waals surface area contributed by atoms with Crippen LogP contribution in [0.15, 0.2) is 41.4 Å². The van der Waals surface area contributed by atoms with Crippen LogP contribution in [0.2, 0.25) is 0 Å². The van der Waals surface area contributed by atoms with Crippen molar-refractivity contribution in [2.24, 2.45) is 7.05 Å². The first kappa shape index (κ1) is 17.4. The smallest absolute Gasteiger partial charge is 0.319 e. The zero-order chi connectivity index (χ0) is 16.7. The lowest BCUT2D eigenvalue weighted by molar-refractivity contribution is 0.247. The van der Waals surface area contributed by atoms with E-state index in [1.54, 1.807) is 22.6 Å². The highest BCUT2D eigenvalue weighted by Gasteiger charge is 2.16. The second kappa shape index (κ2) is 8.62. The van der Waals surface area contributed by atoms with Gasteiger partial charge in [-0.25, -0.2) is 4.79 Å². The van der Waals surface area contributed by atoms with Crippen molar-refractivity contribution in [2.45, 2.75) is 37.6 Å². The van der Waals surface area contributed by atoms with Gasteiger partial charge in [0.1, 0.15) is 0 Å². The summed E-state index contributed by atoms with van der Waals surface area (Å²) in [5, 5.41) is 10.2. The van der Waals surface area contributed by atoms with Crippen molar-refractivity contribution < 1.29 is 4.79 Å². The van der Waals surface area contributed by atoms with Gasteiger partial charge in [-0.05, 0) is 36.8 Å². The van der Waals surface area contributed by atoms with Crippen molar-refractivity contribution in [1.82, 2.24) is 15.1 Å². The third kappa shape index (κ3) is 4.76. The van der Waals surface area contributed by atoms with Crippen LogP contribution in [0.1, 0.15) is 38.4 Å². The van der Waals surface area contributed by atoms with Gasteiger partial charge >= 0.3 is 6.03 Å². The fraction of sp³-hybridized carbons (Fsp3) is 0.412. The molecule has 1 aromatic carbocycles. The highest BCUT2D eigenvalue weighted by atomic mass is 32.2. The first-order valence-electron chi connectivity index (χ1n) is 7.93. The number of rotatable bonds is 7. The monoisotopic (exact) mass is 332 g/mol. The molecule has 2 rings (SSSR count). The van der Waals surface area contributed by atoms with Gasteiger partial charge in [0.25, 0.3) is 0 Å². The van der Waals surface area contributed by atoms with Gasteiger partial charge in [-0.15, -0.1) is 11.8 Å². The predicted octanol–water partition coefficient (Wildman–Crippen LogP) is 4.20. The Morgan fingerprint density at radius 3 is 2.74 bits per heavy atom. The van der Waals surface area contributed by atoms with E-state index in [2.05, 4.69) is 22.7 Å². The number of aromatic nitrogens is 2. The molecule has 0 aliphatic carbocycles. The Kier molecular flexibility index (Phi) is 6.52. The van der Waals surface area contributed by atoms with Gasteiger partial charge in [-0.1, -0.05) is 26.0 Å². The maximum Gasteiger partial charge on any atom is 0.319 e. The number of hydrogen-bond donors (Lipinski definition) is 2. The number of thioether (sulfide) groups is 1. The van der Waals surface area contributed by atoms with E-state index in [1.807, 2.05) is 44.3 Å². The Labute approximate surface area is 141 Å². The van der Waals surface area contributed by atoms with Crippen LogP contribution >= 0.6 is 11.8 Å². The molecule has 0 saturated heterocycles. The summed E-state index contributed by atoms with van der Waals surface area (Å²) in [6.45, 7) is 4.19. The maximum absolute atomic E-state index is 12.4. The molecule has 2 aromatic rings. The summed E-state index contributed by atoms with van der Waals surface area (Å²) < 4.78 is 1.79. The summed E-state index contributed by atoms with van der Waals surface area (Å²) in [6, 6.07) is 9.58. The second-order valence-electron chi connectivity index (χ2n) is 5.28. The van der Waals surface area contributed by atoms with Crippen molar-refractivity contribution in [2.75, 3.05) is 11.1 Å². The van der Waals surface area contributed by atoms with Gasteiger partial charge in [0.15, 0.2) is 0 Å². The first-order chi connectivity index (χ1) is 11.2. The predicted molar refractivity (Wildman–Crippen MR) is 95.9 cm³/mol. The van der Waals surface area contributed by atoms with Crippen LogP contribution < -0.4 is 10.6 Å². The minimum atomic E-state index is -0.192. The number of aryl methyl sites for hydroxylation is 1. The summed E-state index contributed by atoms with van der Waals surface area (Å²) in [5.74, 6) is 1.03. The summed E-state index contributed by atoms with van der Waals surface area (Å²) in [6.07, 6.45) is 3.65. The molecule has 0 bridgehead atoms. The molecular weight excluding hydrogens is 308 g/mol. The van der Waals surface area contributed by atoms with Crippen molar-refractivity contribution in [1.29, 1.82) is 0 Å². The topological polar surface area (TPSA) is 59.0 Å². The van der Waals surface area contributed by atoms with E-state index in [0.29, 0.717) is 0 Å². The summed E-state index contributed by atoms with van der Waals surface area (Å²) in [4.78, 5) is 13.4. The quantitative estimate of drug-likeness (QED) is 0.747. The lowest BCUT2D eigenvalue weighted by atomic mass is 10.1. The number of urea groups is 1. The molecule has 0 aliphatic heterocycles. The number of amides is 2. The molecule has 2 N–H and O–H groups in total. The number of hydrogen-bond acceptors (Lipinski definition) is 3. The largest absolute Gasteiger partial charge is 0.330 e. The molecule has 2 amide bonds. The number of nitrogens with one attached hydrogen (secondary N) is 2. The van der Waals surface area contributed by atoms with Gasteiger partial charge < -0.3 is 10.6 Å². The van der Waals surface area contributed by atoms with E-state index >= 15 is 0 Å². The van der Waals surface area contributed by atoms with Gasteiger partial charge in [-0.3, -0.25) is 4.68 Å². The number of carbonyl (C=O) groups excluding carboxylic acids is 1. The minimum Gasteiger partial charge on any atom is -0.330 e. The zero-order valence-corrected chi connectivity index (χ0v) is 14.7. The summed E-state index contributed by atoms with van der Waals surface area (Å²) in [7, 11) is 1.88. The molecule has 1 atom stereocenters. The third-order valence-corrected chi connectivity index (χ3v) is 4.81. The molecule has 6 heteroatoms. The van der Waals surface area contributed by atoms with Crippen LogP contribution in [-0.2, 0) is 7.05 Å². The number of anilines is 1. The molecule has 0 radical (unpaired) electrons. The Morgan fingerprint density at radius 2 is 2.09 bits per heavy atom. The minimum absolute atomic E-state index is 0.0574. The number of para-hydroxylation sites is 1. The molecule has 1 aromatic heterocycles. The van der Waals surface area contributed by atoms with Crippen LogP contribution in [0.3, 0.4) is 0 Å². The zero-order valence-electron chi connectivity index (χ0n) is 13.9. The van der Waals surface area contributed by atoms with E-state index in [-0.39, 0.29) is 12.1 Å². The van der Waals surface area contributed by atoms with Crippen molar-refractivity contribution in [3.63, 3.8) is 0 Å². The Morgan fingerprint density at radius 1 is 1.30 bits per heavy atom. The first-order valence-corrected chi connectivity index (χ1v) is 8.91. The number of benzene rings is 1. The molecule has 5 nitrogen and oxygen atoms in total. The Hall–Kier alpha value is -1.95. The van der Waals surface area contributed by atoms with Crippen LogP contribution in [-0.4, -0.2) is 21.6 Å². The second-order valence-corrected chi connectivity index (χ2v) is 6.42. The van der Waals surface area contributed by atoms with Crippen molar-refractivity contribution in [3.8, 4) is 0 Å². The lowest BCUT2D eigenvalue weighted by Gasteiger charge is -2.18. The molecule has 0 unspecified atom stereocenters. The molecule has 0 saturated carbocycles. The van der Waals surface area contributed by atoms with Crippen LogP contribution in [0.25, 0.3) is 0 Å². The van der Waals surface area contributed by atoms with Gasteiger partial charge in [-0.2, -0.15) is 5.10 Å². The van der Waals surface area contributed by atoms with Gasteiger partial charge in [0, 0.05) is 18.1 Å². The van der Waals surface area contributed by atoms with E-state index in [4.69, 9.17) is 0 Å². The molecule has 0 aliphatic rings. The normalized spacial score (nSPS) is 12.0. The number of nitrogens with zero attached hydrogens (tertiary/aromatic N) is 2. The average Bonchev–Trinajstić information content (AvgIpc) is 2.97. The fourth-order valence-electron chi connectivity index (χ4n) is 2.34. The Bertz CT molecular complexity index is 641. The van der Waals surface area contributed by atoms with Gasteiger partial charge in [0.05, 0.1) is 17.4 Å². The Balaban J connectivity index is 2.03. The third-order valence-electron chi connectivity index (χ3n) is 3.53. The highest BCUT2D eigenvalue weighted by Crippen LogP contribution is 2.27.